The number of rotatable bonds is 3. The summed E-state index contributed by atoms with van der Waals surface area (Å²) in [4.78, 5) is 0. The fourth-order valence-corrected chi connectivity index (χ4v) is 7.50. The molecule has 3 aliphatic carbocycles. The normalized spacial score (nSPS) is 18.0. The molecule has 2 heteroatoms. The Morgan fingerprint density at radius 1 is 0.837 bits per heavy atom. The zero-order chi connectivity index (χ0) is 29.7. The molecule has 1 heterocycles. The van der Waals surface area contributed by atoms with Crippen LogP contribution in [0.5, 0.6) is 0 Å². The number of hydrogen-bond acceptors (Lipinski definition) is 1. The Hall–Kier alpha value is -4.75. The van der Waals surface area contributed by atoms with Gasteiger partial charge in [-0.05, 0) is 107 Å². The van der Waals surface area contributed by atoms with E-state index in [4.69, 9.17) is 0 Å². The molecule has 5 aromatic rings. The zero-order valence-electron chi connectivity index (χ0n) is 24.7. The molecule has 1 aromatic heterocycles. The molecule has 0 saturated carbocycles. The number of nitrogens with zero attached hydrogens (tertiary/aromatic N) is 1. The predicted octanol–water partition coefficient (Wildman–Crippen LogP) is 10.5. The number of aryl methyl sites for hydroxylation is 1. The molecule has 0 saturated heterocycles. The van der Waals surface area contributed by atoms with E-state index in [9.17, 15) is 0 Å². The van der Waals surface area contributed by atoms with Crippen LogP contribution in [-0.4, -0.2) is 10.8 Å². The summed E-state index contributed by atoms with van der Waals surface area (Å²) in [7, 11) is 0. The first-order chi connectivity index (χ1) is 21.2. The van der Waals surface area contributed by atoms with Crippen molar-refractivity contribution in [2.24, 2.45) is 0 Å². The van der Waals surface area contributed by atoms with E-state index in [1.807, 2.05) is 6.08 Å². The largest absolute Gasteiger partial charge is 0.309 e. The second-order valence-electron chi connectivity index (χ2n) is 11.1. The van der Waals surface area contributed by atoms with Gasteiger partial charge < -0.3 is 4.57 Å². The molecule has 0 radical (unpaired) electrons. The summed E-state index contributed by atoms with van der Waals surface area (Å²) < 4.78 is 2.43. The highest BCUT2D eigenvalue weighted by molar-refractivity contribution is 7.79. The molecule has 0 fully saturated rings. The number of allylic oxidation sites excluding steroid dienone is 10. The minimum atomic E-state index is -0.473. The third kappa shape index (κ3) is 3.67. The van der Waals surface area contributed by atoms with Gasteiger partial charge in [-0.1, -0.05) is 97.1 Å². The van der Waals surface area contributed by atoms with Crippen LogP contribution in [0, 0.1) is 6.92 Å². The molecule has 1 atom stereocenters. The summed E-state index contributed by atoms with van der Waals surface area (Å²) >= 11 is 3.53. The van der Waals surface area contributed by atoms with Gasteiger partial charge in [0.25, 0.3) is 0 Å². The van der Waals surface area contributed by atoms with Gasteiger partial charge in [0, 0.05) is 16.5 Å². The number of aromatic nitrogens is 1. The molecule has 0 bridgehead atoms. The van der Waals surface area contributed by atoms with Crippen molar-refractivity contribution in [2.75, 3.05) is 6.26 Å². The number of hydrogen-bond donors (Lipinski definition) is 1. The first-order valence-corrected chi connectivity index (χ1v) is 15.6. The second kappa shape index (κ2) is 10.5. The maximum Gasteiger partial charge on any atom is 0.0732 e. The van der Waals surface area contributed by atoms with Crippen LogP contribution in [0.2, 0.25) is 0 Å². The number of fused-ring (bicyclic) bond motifs is 9. The Labute approximate surface area is 259 Å². The van der Waals surface area contributed by atoms with Gasteiger partial charge in [-0.3, -0.25) is 0 Å². The van der Waals surface area contributed by atoms with Crippen molar-refractivity contribution in [2.45, 2.75) is 19.3 Å². The number of benzene rings is 4. The summed E-state index contributed by atoms with van der Waals surface area (Å²) in [5.74, 6) is 0. The van der Waals surface area contributed by atoms with Crippen LogP contribution in [0.1, 0.15) is 34.7 Å². The van der Waals surface area contributed by atoms with Crippen LogP contribution in [0.15, 0.2) is 151 Å². The highest BCUT2D eigenvalue weighted by Gasteiger charge is 2.52. The lowest BCUT2D eigenvalue weighted by Crippen LogP contribution is -2.27. The third-order valence-electron chi connectivity index (χ3n) is 9.01. The fourth-order valence-electron chi connectivity index (χ4n) is 7.50. The molecule has 0 aliphatic heterocycles. The molecule has 1 spiro atoms. The molecular formula is C41H33NS. The van der Waals surface area contributed by atoms with Crippen LogP contribution in [0.3, 0.4) is 0 Å². The van der Waals surface area contributed by atoms with Crippen LogP contribution in [0.25, 0.3) is 38.6 Å². The van der Waals surface area contributed by atoms with Gasteiger partial charge in [-0.25, -0.2) is 0 Å². The standard InChI is InChI=1S/C40H29N.CH4S/c1-4-13-28-31-22-21-27(41-38-19-12-10-16-32(38)33-24-26(3)20-23-39(33)41)25-37(31)40(34(28)5-2)35-17-8-6-7-14-29(35)30-15-9-11-18-36(30)40;1-2/h4-7,9-25H,2H2,1,3H3;2H,1H3/b13-4-;. The first-order valence-electron chi connectivity index (χ1n) is 14.7. The SMILES string of the molecule is C=CC1=C(/C=C\C)c2ccc(-n3c4ccccc4c4cc(C)ccc43)cc2C12C1=C(C=CC=C=C1)c1ccccc12.CS. The van der Waals surface area contributed by atoms with Crippen LogP contribution < -0.4 is 0 Å². The summed E-state index contributed by atoms with van der Waals surface area (Å²) in [5.41, 5.74) is 18.0. The van der Waals surface area contributed by atoms with Gasteiger partial charge in [-0.2, -0.15) is 12.6 Å². The van der Waals surface area contributed by atoms with Crippen molar-refractivity contribution in [1.29, 1.82) is 0 Å². The maximum absolute atomic E-state index is 4.39. The van der Waals surface area contributed by atoms with Gasteiger partial charge in [0.05, 0.1) is 16.4 Å². The quantitative estimate of drug-likeness (QED) is 0.162. The van der Waals surface area contributed by atoms with Crippen LogP contribution in [-0.2, 0) is 5.41 Å². The average molecular weight is 572 g/mol. The summed E-state index contributed by atoms with van der Waals surface area (Å²) in [6.07, 6.45) is 16.7. The van der Waals surface area contributed by atoms with Crippen molar-refractivity contribution in [3.63, 3.8) is 0 Å². The van der Waals surface area contributed by atoms with Gasteiger partial charge in [0.2, 0.25) is 0 Å². The van der Waals surface area contributed by atoms with Gasteiger partial charge in [0.15, 0.2) is 0 Å². The smallest absolute Gasteiger partial charge is 0.0732 e. The Morgan fingerprint density at radius 3 is 2.47 bits per heavy atom. The van der Waals surface area contributed by atoms with Gasteiger partial charge in [-0.15, -0.1) is 5.73 Å². The van der Waals surface area contributed by atoms with Crippen molar-refractivity contribution < 1.29 is 0 Å². The van der Waals surface area contributed by atoms with E-state index >= 15 is 0 Å². The maximum atomic E-state index is 4.39. The van der Waals surface area contributed by atoms with Crippen LogP contribution in [0.4, 0.5) is 0 Å². The Kier molecular flexibility index (Phi) is 6.62. The zero-order valence-corrected chi connectivity index (χ0v) is 25.6. The van der Waals surface area contributed by atoms with E-state index in [2.05, 4.69) is 165 Å². The molecule has 0 N–H and O–H groups in total. The van der Waals surface area contributed by atoms with Crippen molar-refractivity contribution in [3.05, 3.63) is 179 Å². The third-order valence-corrected chi connectivity index (χ3v) is 9.01. The van der Waals surface area contributed by atoms with E-state index in [1.54, 1.807) is 6.26 Å². The van der Waals surface area contributed by atoms with Crippen molar-refractivity contribution in [3.8, 4) is 5.69 Å². The summed E-state index contributed by atoms with van der Waals surface area (Å²) in [6, 6.07) is 31.5. The predicted molar refractivity (Wildman–Crippen MR) is 188 cm³/mol. The van der Waals surface area contributed by atoms with Crippen molar-refractivity contribution >= 4 is 45.6 Å². The molecule has 8 rings (SSSR count). The minimum Gasteiger partial charge on any atom is -0.309 e. The highest BCUT2D eigenvalue weighted by Crippen LogP contribution is 2.62. The lowest BCUT2D eigenvalue weighted by atomic mass is 9.68. The highest BCUT2D eigenvalue weighted by atomic mass is 32.1. The van der Waals surface area contributed by atoms with Gasteiger partial charge >= 0.3 is 0 Å². The molecule has 4 aromatic carbocycles. The van der Waals surface area contributed by atoms with Crippen molar-refractivity contribution in [1.82, 2.24) is 4.57 Å². The number of thiol groups is 1. The average Bonchev–Trinajstić information content (AvgIpc) is 3.52. The molecular weight excluding hydrogens is 539 g/mol. The Balaban J connectivity index is 0.00000147. The number of para-hydroxylation sites is 1. The van der Waals surface area contributed by atoms with Gasteiger partial charge in [0.1, 0.15) is 0 Å². The topological polar surface area (TPSA) is 4.93 Å². The molecule has 43 heavy (non-hydrogen) atoms. The van der Waals surface area contributed by atoms with E-state index in [0.29, 0.717) is 0 Å². The lowest BCUT2D eigenvalue weighted by molar-refractivity contribution is 0.778. The van der Waals surface area contributed by atoms with E-state index in [0.717, 1.165) is 0 Å². The van der Waals surface area contributed by atoms with E-state index in [-0.39, 0.29) is 0 Å². The van der Waals surface area contributed by atoms with E-state index < -0.39 is 5.41 Å². The Morgan fingerprint density at radius 2 is 1.63 bits per heavy atom. The van der Waals surface area contributed by atoms with E-state index in [1.165, 1.54) is 77.6 Å². The molecule has 208 valence electrons. The minimum absolute atomic E-state index is 0.473. The molecule has 1 unspecified atom stereocenters. The van der Waals surface area contributed by atoms with Crippen LogP contribution >= 0.6 is 12.6 Å². The monoisotopic (exact) mass is 571 g/mol. The second-order valence-corrected chi connectivity index (χ2v) is 11.1. The Bertz CT molecular complexity index is 2170. The molecule has 1 nitrogen and oxygen atoms in total. The fraction of sp³-hybridized carbons (Fsp3) is 0.0976. The lowest BCUT2D eigenvalue weighted by Gasteiger charge is -2.32. The molecule has 3 aliphatic rings. The summed E-state index contributed by atoms with van der Waals surface area (Å²) in [5, 5.41) is 2.56. The molecule has 0 amide bonds. The summed E-state index contributed by atoms with van der Waals surface area (Å²) in [6.45, 7) is 8.66. The first kappa shape index (κ1) is 27.1.